The van der Waals surface area contributed by atoms with E-state index >= 15 is 0 Å². The topological polar surface area (TPSA) is 75.3 Å². The van der Waals surface area contributed by atoms with Crippen LogP contribution in [0, 0.1) is 0 Å². The number of H-pyrrole nitrogens is 1. The van der Waals surface area contributed by atoms with Gasteiger partial charge in [-0.25, -0.2) is 4.98 Å². The zero-order valence-electron chi connectivity index (χ0n) is 18.2. The summed E-state index contributed by atoms with van der Waals surface area (Å²) in [5, 5.41) is 0. The van der Waals surface area contributed by atoms with Crippen LogP contribution in [-0.4, -0.2) is 35.3 Å². The van der Waals surface area contributed by atoms with Gasteiger partial charge in [0.25, 0.3) is 0 Å². The molecular weight excluding hydrogens is 402 g/mol. The Morgan fingerprint density at radius 3 is 2.47 bits per heavy atom. The molecule has 5 rings (SSSR count). The number of Topliss-reactive ketones (excluding diaryl/α,β-unsaturated/α-hetero) is 1. The van der Waals surface area contributed by atoms with Gasteiger partial charge in [-0.1, -0.05) is 30.3 Å². The van der Waals surface area contributed by atoms with E-state index in [1.54, 1.807) is 24.1 Å². The lowest BCUT2D eigenvalue weighted by Gasteiger charge is -2.19. The molecule has 2 heterocycles. The van der Waals surface area contributed by atoms with Crippen molar-refractivity contribution in [2.45, 2.75) is 19.3 Å². The second-order valence-corrected chi connectivity index (χ2v) is 8.51. The molecule has 0 atom stereocenters. The molecule has 6 nitrogen and oxygen atoms in total. The standard InChI is InChI=1S/C26H23N3O3/c1-26(2)19-13-20-21(28-24(27-20)17-9-11-18(32-3)12-10-17)14-22(19)29(25(26)31)15-23(30)16-7-5-4-6-8-16/h4-14H,15H2,1-3H3,(H,27,28). The number of anilines is 1. The molecule has 32 heavy (non-hydrogen) atoms. The third-order valence-corrected chi connectivity index (χ3v) is 6.10. The number of hydrogen-bond acceptors (Lipinski definition) is 4. The number of carbonyl (C=O) groups excluding carboxylic acids is 2. The van der Waals surface area contributed by atoms with Gasteiger partial charge >= 0.3 is 0 Å². The van der Waals surface area contributed by atoms with E-state index in [0.29, 0.717) is 5.56 Å². The lowest BCUT2D eigenvalue weighted by atomic mass is 9.86. The van der Waals surface area contributed by atoms with Gasteiger partial charge in [-0.2, -0.15) is 0 Å². The minimum atomic E-state index is -0.730. The fourth-order valence-electron chi connectivity index (χ4n) is 4.23. The van der Waals surface area contributed by atoms with Crippen molar-refractivity contribution in [2.75, 3.05) is 18.6 Å². The number of fused-ring (bicyclic) bond motifs is 2. The molecule has 0 bridgehead atoms. The smallest absolute Gasteiger partial charge is 0.237 e. The molecular formula is C26H23N3O3. The molecule has 0 saturated heterocycles. The summed E-state index contributed by atoms with van der Waals surface area (Å²) >= 11 is 0. The normalized spacial score (nSPS) is 14.6. The van der Waals surface area contributed by atoms with E-state index in [4.69, 9.17) is 9.72 Å². The zero-order chi connectivity index (χ0) is 22.5. The number of imidazole rings is 1. The Labute approximate surface area is 185 Å². The van der Waals surface area contributed by atoms with E-state index in [1.807, 2.05) is 68.4 Å². The number of aromatic amines is 1. The first kappa shape index (κ1) is 20.0. The minimum absolute atomic E-state index is 0.000539. The summed E-state index contributed by atoms with van der Waals surface area (Å²) in [6, 6.07) is 20.6. The molecule has 0 unspecified atom stereocenters. The van der Waals surface area contributed by atoms with E-state index in [1.165, 1.54) is 0 Å². The van der Waals surface area contributed by atoms with Crippen LogP contribution < -0.4 is 9.64 Å². The minimum Gasteiger partial charge on any atom is -0.497 e. The number of benzene rings is 3. The van der Waals surface area contributed by atoms with E-state index in [9.17, 15) is 9.59 Å². The Morgan fingerprint density at radius 1 is 1.06 bits per heavy atom. The SMILES string of the molecule is COc1ccc(-c2nc3cc4c(cc3[nH]2)C(C)(C)C(=O)N4CC(=O)c2ccccc2)cc1. The van der Waals surface area contributed by atoms with Crippen LogP contribution >= 0.6 is 0 Å². The first-order valence-electron chi connectivity index (χ1n) is 10.5. The number of ether oxygens (including phenoxy) is 1. The number of nitrogens with one attached hydrogen (secondary N) is 1. The molecule has 0 radical (unpaired) electrons. The highest BCUT2D eigenvalue weighted by Crippen LogP contribution is 2.43. The molecule has 1 aliphatic rings. The largest absolute Gasteiger partial charge is 0.497 e. The van der Waals surface area contributed by atoms with Crippen molar-refractivity contribution in [3.63, 3.8) is 0 Å². The number of nitrogens with zero attached hydrogens (tertiary/aromatic N) is 2. The average molecular weight is 425 g/mol. The van der Waals surface area contributed by atoms with Gasteiger partial charge in [-0.15, -0.1) is 0 Å². The van der Waals surface area contributed by atoms with Gasteiger partial charge in [-0.3, -0.25) is 9.59 Å². The van der Waals surface area contributed by atoms with Crippen LogP contribution in [0.1, 0.15) is 29.8 Å². The van der Waals surface area contributed by atoms with Crippen molar-refractivity contribution in [3.8, 4) is 17.1 Å². The van der Waals surface area contributed by atoms with Gasteiger partial charge in [0.15, 0.2) is 5.78 Å². The third-order valence-electron chi connectivity index (χ3n) is 6.10. The van der Waals surface area contributed by atoms with E-state index in [2.05, 4.69) is 4.98 Å². The zero-order valence-corrected chi connectivity index (χ0v) is 18.2. The van der Waals surface area contributed by atoms with Crippen molar-refractivity contribution < 1.29 is 14.3 Å². The summed E-state index contributed by atoms with van der Waals surface area (Å²) in [5.41, 5.74) is 4.03. The molecule has 0 fully saturated rings. The van der Waals surface area contributed by atoms with Gasteiger partial charge in [0, 0.05) is 11.1 Å². The highest BCUT2D eigenvalue weighted by molar-refractivity contribution is 6.14. The molecule has 1 aliphatic heterocycles. The number of amides is 1. The second-order valence-electron chi connectivity index (χ2n) is 8.51. The molecule has 6 heteroatoms. The Kier molecular flexibility index (Phi) is 4.59. The fourth-order valence-corrected chi connectivity index (χ4v) is 4.23. The predicted octanol–water partition coefficient (Wildman–Crippen LogP) is 4.75. The molecule has 1 aromatic heterocycles. The van der Waals surface area contributed by atoms with Crippen LogP contribution in [0.15, 0.2) is 66.7 Å². The van der Waals surface area contributed by atoms with Crippen LogP contribution in [0.25, 0.3) is 22.4 Å². The van der Waals surface area contributed by atoms with Crippen molar-refractivity contribution in [2.24, 2.45) is 0 Å². The number of ketones is 1. The van der Waals surface area contributed by atoms with E-state index < -0.39 is 5.41 Å². The second kappa shape index (κ2) is 7.34. The number of hydrogen-bond donors (Lipinski definition) is 1. The quantitative estimate of drug-likeness (QED) is 0.469. The lowest BCUT2D eigenvalue weighted by Crippen LogP contribution is -2.39. The number of rotatable bonds is 5. The van der Waals surface area contributed by atoms with Crippen molar-refractivity contribution >= 4 is 28.4 Å². The fraction of sp³-hybridized carbons (Fsp3) is 0.192. The Bertz CT molecular complexity index is 1340. The van der Waals surface area contributed by atoms with Crippen LogP contribution in [0.2, 0.25) is 0 Å². The molecule has 4 aromatic rings. The van der Waals surface area contributed by atoms with E-state index in [-0.39, 0.29) is 18.2 Å². The van der Waals surface area contributed by atoms with Gasteiger partial charge in [0.1, 0.15) is 11.6 Å². The van der Waals surface area contributed by atoms with Crippen molar-refractivity contribution in [1.82, 2.24) is 9.97 Å². The summed E-state index contributed by atoms with van der Waals surface area (Å²) in [7, 11) is 1.63. The van der Waals surface area contributed by atoms with Crippen LogP contribution in [0.5, 0.6) is 5.75 Å². The molecule has 0 spiro atoms. The van der Waals surface area contributed by atoms with Gasteiger partial charge < -0.3 is 14.6 Å². The predicted molar refractivity (Wildman–Crippen MR) is 124 cm³/mol. The first-order valence-corrected chi connectivity index (χ1v) is 10.5. The van der Waals surface area contributed by atoms with Gasteiger partial charge in [0.05, 0.1) is 35.8 Å². The third kappa shape index (κ3) is 3.15. The average Bonchev–Trinajstić information content (AvgIpc) is 3.31. The van der Waals surface area contributed by atoms with Gasteiger partial charge in [0.2, 0.25) is 5.91 Å². The highest BCUT2D eigenvalue weighted by Gasteiger charge is 2.44. The molecule has 0 aliphatic carbocycles. The van der Waals surface area contributed by atoms with E-state index in [0.717, 1.165) is 39.4 Å². The first-order chi connectivity index (χ1) is 15.4. The Morgan fingerprint density at radius 2 is 1.78 bits per heavy atom. The van der Waals surface area contributed by atoms with Crippen LogP contribution in [0.3, 0.4) is 0 Å². The lowest BCUT2D eigenvalue weighted by molar-refractivity contribution is -0.122. The van der Waals surface area contributed by atoms with Crippen LogP contribution in [-0.2, 0) is 10.2 Å². The maximum atomic E-state index is 13.2. The number of carbonyl (C=O) groups is 2. The summed E-state index contributed by atoms with van der Waals surface area (Å²) in [4.78, 5) is 35.8. The highest BCUT2D eigenvalue weighted by atomic mass is 16.5. The molecule has 3 aromatic carbocycles. The molecule has 1 N–H and O–H groups in total. The molecule has 0 saturated carbocycles. The molecule has 160 valence electrons. The van der Waals surface area contributed by atoms with Crippen molar-refractivity contribution in [3.05, 3.63) is 77.9 Å². The summed E-state index contributed by atoms with van der Waals surface area (Å²) in [6.45, 7) is 3.79. The Balaban J connectivity index is 1.55. The molecule has 1 amide bonds. The number of methoxy groups -OCH3 is 1. The van der Waals surface area contributed by atoms with Crippen LogP contribution in [0.4, 0.5) is 5.69 Å². The van der Waals surface area contributed by atoms with Gasteiger partial charge in [-0.05, 0) is 55.8 Å². The Hall–Kier alpha value is -3.93. The summed E-state index contributed by atoms with van der Waals surface area (Å²) < 4.78 is 5.23. The monoisotopic (exact) mass is 425 g/mol. The summed E-state index contributed by atoms with van der Waals surface area (Å²) in [5.74, 6) is 1.34. The maximum absolute atomic E-state index is 13.2. The van der Waals surface area contributed by atoms with Crippen molar-refractivity contribution in [1.29, 1.82) is 0 Å². The number of aromatic nitrogens is 2. The maximum Gasteiger partial charge on any atom is 0.237 e. The summed E-state index contributed by atoms with van der Waals surface area (Å²) in [6.07, 6.45) is 0.